The van der Waals surface area contributed by atoms with Gasteiger partial charge in [-0.05, 0) is 24.7 Å². The highest BCUT2D eigenvalue weighted by atomic mass is 19.1. The Morgan fingerprint density at radius 3 is 2.48 bits per heavy atom. The number of benzene rings is 2. The molecule has 1 saturated heterocycles. The summed E-state index contributed by atoms with van der Waals surface area (Å²) in [5.41, 5.74) is 0.871. The average molecular weight is 372 g/mol. The largest absolute Gasteiger partial charge is 0.333 e. The number of halogens is 2. The maximum Gasteiger partial charge on any atom is 0.223 e. The van der Waals surface area contributed by atoms with E-state index >= 15 is 0 Å². The normalized spacial score (nSPS) is 17.7. The molecule has 4 nitrogen and oxygen atoms in total. The number of ketones is 1. The van der Waals surface area contributed by atoms with Gasteiger partial charge >= 0.3 is 0 Å². The molecule has 0 radical (unpaired) electrons. The highest BCUT2D eigenvalue weighted by molar-refractivity contribution is 5.98. The van der Waals surface area contributed by atoms with Crippen LogP contribution in [0.2, 0.25) is 0 Å². The van der Waals surface area contributed by atoms with Gasteiger partial charge in [-0.2, -0.15) is 0 Å². The Labute approximate surface area is 157 Å². The SMILES string of the molecule is CN1CCN(C(=O)CCC(=O)c2ccc(F)cc2F)[C@@H](c2ccccc2)C1. The van der Waals surface area contributed by atoms with Gasteiger partial charge in [0.15, 0.2) is 5.78 Å². The van der Waals surface area contributed by atoms with Crippen LogP contribution in [0.15, 0.2) is 48.5 Å². The summed E-state index contributed by atoms with van der Waals surface area (Å²) < 4.78 is 26.7. The van der Waals surface area contributed by atoms with E-state index in [1.54, 1.807) is 4.90 Å². The summed E-state index contributed by atoms with van der Waals surface area (Å²) >= 11 is 0. The molecule has 1 heterocycles. The molecule has 2 aromatic rings. The van der Waals surface area contributed by atoms with Gasteiger partial charge in [-0.15, -0.1) is 0 Å². The van der Waals surface area contributed by atoms with E-state index in [9.17, 15) is 18.4 Å². The first-order chi connectivity index (χ1) is 13.0. The molecule has 0 unspecified atom stereocenters. The molecule has 27 heavy (non-hydrogen) atoms. The topological polar surface area (TPSA) is 40.6 Å². The second-order valence-corrected chi connectivity index (χ2v) is 6.82. The second-order valence-electron chi connectivity index (χ2n) is 6.82. The van der Waals surface area contributed by atoms with Crippen LogP contribution in [0, 0.1) is 11.6 Å². The Balaban J connectivity index is 1.67. The molecule has 0 bridgehead atoms. The van der Waals surface area contributed by atoms with Crippen molar-refractivity contribution in [3.8, 4) is 0 Å². The van der Waals surface area contributed by atoms with Crippen LogP contribution in [-0.2, 0) is 4.79 Å². The van der Waals surface area contributed by atoms with Gasteiger partial charge in [0.2, 0.25) is 5.91 Å². The molecule has 1 fully saturated rings. The number of carbonyl (C=O) groups excluding carboxylic acids is 2. The summed E-state index contributed by atoms with van der Waals surface area (Å²) in [5, 5.41) is 0. The quantitative estimate of drug-likeness (QED) is 0.755. The average Bonchev–Trinajstić information content (AvgIpc) is 2.66. The van der Waals surface area contributed by atoms with Crippen molar-refractivity contribution in [3.05, 3.63) is 71.3 Å². The van der Waals surface area contributed by atoms with Gasteiger partial charge in [-0.3, -0.25) is 9.59 Å². The van der Waals surface area contributed by atoms with Crippen molar-refractivity contribution >= 4 is 11.7 Å². The first-order valence-corrected chi connectivity index (χ1v) is 8.97. The van der Waals surface area contributed by atoms with E-state index in [1.807, 2.05) is 37.4 Å². The van der Waals surface area contributed by atoms with Crippen LogP contribution in [0.5, 0.6) is 0 Å². The second kappa shape index (κ2) is 8.39. The molecule has 0 aromatic heterocycles. The van der Waals surface area contributed by atoms with E-state index in [0.717, 1.165) is 30.8 Å². The standard InChI is InChI=1S/C21H22F2N2O2/c1-24-11-12-25(19(14-24)15-5-3-2-4-6-15)21(27)10-9-20(26)17-8-7-16(22)13-18(17)23/h2-8,13,19H,9-12,14H2,1H3/t19-/m1/s1. The smallest absolute Gasteiger partial charge is 0.223 e. The van der Waals surface area contributed by atoms with Crippen molar-refractivity contribution in [3.63, 3.8) is 0 Å². The number of nitrogens with zero attached hydrogens (tertiary/aromatic N) is 2. The van der Waals surface area contributed by atoms with Crippen LogP contribution in [0.1, 0.15) is 34.8 Å². The van der Waals surface area contributed by atoms with Gasteiger partial charge in [0.05, 0.1) is 11.6 Å². The van der Waals surface area contributed by atoms with E-state index in [4.69, 9.17) is 0 Å². The lowest BCUT2D eigenvalue weighted by Gasteiger charge is -2.40. The fraction of sp³-hybridized carbons (Fsp3) is 0.333. The number of Topliss-reactive ketones (excluding diaryl/α,β-unsaturated/α-hetero) is 1. The van der Waals surface area contributed by atoms with Gasteiger partial charge in [-0.1, -0.05) is 30.3 Å². The third-order valence-corrected chi connectivity index (χ3v) is 4.89. The van der Waals surface area contributed by atoms with E-state index in [0.29, 0.717) is 12.6 Å². The van der Waals surface area contributed by atoms with Crippen LogP contribution < -0.4 is 0 Å². The van der Waals surface area contributed by atoms with Gasteiger partial charge in [0.1, 0.15) is 11.6 Å². The summed E-state index contributed by atoms with van der Waals surface area (Å²) in [4.78, 5) is 29.0. The van der Waals surface area contributed by atoms with Crippen LogP contribution >= 0.6 is 0 Å². The molecule has 1 atom stereocenters. The molecule has 0 saturated carbocycles. The Morgan fingerprint density at radius 1 is 1.04 bits per heavy atom. The molecule has 1 aliphatic rings. The van der Waals surface area contributed by atoms with Gasteiger partial charge < -0.3 is 9.80 Å². The Morgan fingerprint density at radius 2 is 1.78 bits per heavy atom. The van der Waals surface area contributed by atoms with Crippen LogP contribution in [0.4, 0.5) is 8.78 Å². The molecular weight excluding hydrogens is 350 g/mol. The highest BCUT2D eigenvalue weighted by Gasteiger charge is 2.30. The Kier molecular flexibility index (Phi) is 5.96. The van der Waals surface area contributed by atoms with Crippen LogP contribution in [0.3, 0.4) is 0 Å². The van der Waals surface area contributed by atoms with E-state index in [-0.39, 0.29) is 30.4 Å². The predicted molar refractivity (Wildman–Crippen MR) is 98.3 cm³/mol. The number of hydrogen-bond donors (Lipinski definition) is 0. The maximum atomic E-state index is 13.7. The van der Waals surface area contributed by atoms with Crippen LogP contribution in [-0.4, -0.2) is 48.2 Å². The Bertz CT molecular complexity index is 826. The van der Waals surface area contributed by atoms with Crippen molar-refractivity contribution in [2.75, 3.05) is 26.7 Å². The summed E-state index contributed by atoms with van der Waals surface area (Å²) in [6.45, 7) is 2.06. The maximum absolute atomic E-state index is 13.7. The first kappa shape index (κ1) is 19.2. The number of carbonyl (C=O) groups is 2. The van der Waals surface area contributed by atoms with Crippen molar-refractivity contribution in [1.82, 2.24) is 9.80 Å². The van der Waals surface area contributed by atoms with Gasteiger partial charge in [0, 0.05) is 38.5 Å². The third-order valence-electron chi connectivity index (χ3n) is 4.89. The van der Waals surface area contributed by atoms with E-state index < -0.39 is 17.4 Å². The van der Waals surface area contributed by atoms with Gasteiger partial charge in [-0.25, -0.2) is 8.78 Å². The van der Waals surface area contributed by atoms with E-state index in [2.05, 4.69) is 4.90 Å². The molecule has 3 rings (SSSR count). The minimum Gasteiger partial charge on any atom is -0.333 e. The number of likely N-dealkylation sites (N-methyl/N-ethyl adjacent to an activating group) is 1. The monoisotopic (exact) mass is 372 g/mol. The molecular formula is C21H22F2N2O2. The lowest BCUT2D eigenvalue weighted by atomic mass is 10.0. The molecule has 1 aliphatic heterocycles. The highest BCUT2D eigenvalue weighted by Crippen LogP contribution is 2.26. The van der Waals surface area contributed by atoms with Crippen molar-refractivity contribution in [2.24, 2.45) is 0 Å². The van der Waals surface area contributed by atoms with Crippen molar-refractivity contribution < 1.29 is 18.4 Å². The molecule has 0 spiro atoms. The molecule has 6 heteroatoms. The fourth-order valence-corrected chi connectivity index (χ4v) is 3.39. The number of rotatable bonds is 5. The van der Waals surface area contributed by atoms with Crippen molar-refractivity contribution in [1.29, 1.82) is 0 Å². The Hall–Kier alpha value is -2.60. The molecule has 0 N–H and O–H groups in total. The summed E-state index contributed by atoms with van der Waals surface area (Å²) in [6.07, 6.45) is -0.0993. The zero-order chi connectivity index (χ0) is 19.4. The lowest BCUT2D eigenvalue weighted by molar-refractivity contribution is -0.136. The predicted octanol–water partition coefficient (Wildman–Crippen LogP) is 3.44. The molecule has 1 amide bonds. The fourth-order valence-electron chi connectivity index (χ4n) is 3.39. The minimum absolute atomic E-state index is 0.00268. The number of amides is 1. The van der Waals surface area contributed by atoms with Crippen molar-refractivity contribution in [2.45, 2.75) is 18.9 Å². The zero-order valence-electron chi connectivity index (χ0n) is 15.2. The summed E-state index contributed by atoms with van der Waals surface area (Å²) in [5.74, 6) is -2.25. The zero-order valence-corrected chi connectivity index (χ0v) is 15.2. The molecule has 142 valence electrons. The lowest BCUT2D eigenvalue weighted by Crippen LogP contribution is -2.49. The first-order valence-electron chi connectivity index (χ1n) is 8.97. The summed E-state index contributed by atoms with van der Waals surface area (Å²) in [7, 11) is 2.01. The van der Waals surface area contributed by atoms with Crippen LogP contribution in [0.25, 0.3) is 0 Å². The van der Waals surface area contributed by atoms with E-state index in [1.165, 1.54) is 0 Å². The number of piperazine rings is 1. The molecule has 2 aromatic carbocycles. The number of hydrogen-bond acceptors (Lipinski definition) is 3. The molecule has 0 aliphatic carbocycles. The minimum atomic E-state index is -0.894. The summed E-state index contributed by atoms with van der Waals surface area (Å²) in [6, 6.07) is 12.6. The van der Waals surface area contributed by atoms with Gasteiger partial charge in [0.25, 0.3) is 0 Å². The third kappa shape index (κ3) is 4.57.